The van der Waals surface area contributed by atoms with Crippen molar-refractivity contribution in [2.75, 3.05) is 13.7 Å². The van der Waals surface area contributed by atoms with Crippen molar-refractivity contribution in [3.63, 3.8) is 0 Å². The van der Waals surface area contributed by atoms with Gasteiger partial charge in [0.05, 0.1) is 25.2 Å². The molecule has 164 valence electrons. The molecule has 0 spiro atoms. The van der Waals surface area contributed by atoms with Gasteiger partial charge in [0, 0.05) is 21.8 Å². The maximum Gasteiger partial charge on any atom is 0.338 e. The zero-order valence-corrected chi connectivity index (χ0v) is 18.8. The van der Waals surface area contributed by atoms with E-state index in [1.165, 1.54) is 0 Å². The number of hydrogen-bond donors (Lipinski definition) is 2. The Morgan fingerprint density at radius 1 is 1.28 bits per heavy atom. The van der Waals surface area contributed by atoms with Crippen LogP contribution in [0.25, 0.3) is 21.8 Å². The molecular weight excluding hydrogens is 406 g/mol. The number of nitrogens with one attached hydrogen (secondary N) is 1. The Labute approximate surface area is 186 Å². The van der Waals surface area contributed by atoms with Crippen LogP contribution in [0.5, 0.6) is 5.75 Å². The number of nitrogens with zero attached hydrogens (tertiary/aromatic N) is 1. The normalized spacial score (nSPS) is 16.3. The van der Waals surface area contributed by atoms with E-state index in [9.17, 15) is 10.1 Å². The lowest BCUT2D eigenvalue weighted by molar-refractivity contribution is -0.139. The van der Waals surface area contributed by atoms with Gasteiger partial charge in [-0.15, -0.1) is 0 Å². The van der Waals surface area contributed by atoms with Crippen molar-refractivity contribution < 1.29 is 19.0 Å². The minimum Gasteiger partial charge on any atom is -0.497 e. The van der Waals surface area contributed by atoms with E-state index in [1.54, 1.807) is 21.0 Å². The Morgan fingerprint density at radius 3 is 2.69 bits per heavy atom. The summed E-state index contributed by atoms with van der Waals surface area (Å²) in [6.07, 6.45) is 0. The number of esters is 1. The minimum absolute atomic E-state index is 0.000736. The molecule has 0 fully saturated rings. The van der Waals surface area contributed by atoms with Crippen molar-refractivity contribution in [3.05, 3.63) is 63.7 Å². The molecule has 1 unspecified atom stereocenters. The highest BCUT2D eigenvalue weighted by atomic mass is 16.5. The van der Waals surface area contributed by atoms with Gasteiger partial charge in [-0.1, -0.05) is 6.07 Å². The fraction of sp³-hybridized carbons (Fsp3) is 0.280. The summed E-state index contributed by atoms with van der Waals surface area (Å²) in [5.74, 6) is -0.125. The van der Waals surface area contributed by atoms with Crippen LogP contribution < -0.4 is 10.5 Å². The van der Waals surface area contributed by atoms with E-state index in [0.717, 1.165) is 44.2 Å². The first-order chi connectivity index (χ1) is 15.3. The van der Waals surface area contributed by atoms with Gasteiger partial charge in [-0.2, -0.15) is 5.26 Å². The molecule has 32 heavy (non-hydrogen) atoms. The molecule has 7 heteroatoms. The maximum absolute atomic E-state index is 12.9. The van der Waals surface area contributed by atoms with Crippen molar-refractivity contribution in [1.82, 2.24) is 4.98 Å². The summed E-state index contributed by atoms with van der Waals surface area (Å²) in [5.41, 5.74) is 11.3. The van der Waals surface area contributed by atoms with Crippen LogP contribution in [0.1, 0.15) is 36.5 Å². The molecule has 1 aliphatic heterocycles. The second-order valence-electron chi connectivity index (χ2n) is 7.81. The predicted molar refractivity (Wildman–Crippen MR) is 122 cm³/mol. The Balaban J connectivity index is 2.06. The highest BCUT2D eigenvalue weighted by Gasteiger charge is 2.37. The van der Waals surface area contributed by atoms with Crippen LogP contribution >= 0.6 is 0 Å². The van der Waals surface area contributed by atoms with E-state index in [0.29, 0.717) is 5.76 Å². The van der Waals surface area contributed by atoms with Gasteiger partial charge in [-0.05, 0) is 62.6 Å². The summed E-state index contributed by atoms with van der Waals surface area (Å²) in [5, 5.41) is 11.9. The van der Waals surface area contributed by atoms with Crippen LogP contribution in [0.2, 0.25) is 0 Å². The van der Waals surface area contributed by atoms with Crippen molar-refractivity contribution in [2.45, 2.75) is 33.6 Å². The Bertz CT molecular complexity index is 1370. The first-order valence-electron chi connectivity index (χ1n) is 10.4. The number of ether oxygens (including phenoxy) is 3. The lowest BCUT2D eigenvalue weighted by Gasteiger charge is -2.28. The third-order valence-corrected chi connectivity index (χ3v) is 5.99. The molecule has 0 saturated heterocycles. The molecule has 0 radical (unpaired) electrons. The van der Waals surface area contributed by atoms with Crippen LogP contribution in [0, 0.1) is 25.2 Å². The Kier molecular flexibility index (Phi) is 5.31. The number of H-pyrrole nitrogens is 1. The van der Waals surface area contributed by atoms with E-state index in [-0.39, 0.29) is 23.6 Å². The summed E-state index contributed by atoms with van der Waals surface area (Å²) < 4.78 is 16.3. The number of nitriles is 1. The van der Waals surface area contributed by atoms with E-state index >= 15 is 0 Å². The fourth-order valence-corrected chi connectivity index (χ4v) is 4.51. The number of aromatic nitrogens is 1. The van der Waals surface area contributed by atoms with Crippen LogP contribution in [0.3, 0.4) is 0 Å². The predicted octanol–water partition coefficient (Wildman–Crippen LogP) is 4.59. The number of carbonyl (C=O) groups excluding carboxylic acids is 1. The highest BCUT2D eigenvalue weighted by Crippen LogP contribution is 2.44. The molecular formula is C25H25N3O4. The first-order valence-corrected chi connectivity index (χ1v) is 10.4. The minimum atomic E-state index is -0.688. The molecule has 0 bridgehead atoms. The van der Waals surface area contributed by atoms with Gasteiger partial charge in [0.25, 0.3) is 0 Å². The number of hydrogen-bond acceptors (Lipinski definition) is 6. The first kappa shape index (κ1) is 21.3. The van der Waals surface area contributed by atoms with Gasteiger partial charge in [0.1, 0.15) is 23.2 Å². The summed E-state index contributed by atoms with van der Waals surface area (Å²) in [6, 6.07) is 10.0. The van der Waals surface area contributed by atoms with E-state index in [4.69, 9.17) is 19.9 Å². The van der Waals surface area contributed by atoms with E-state index in [1.807, 2.05) is 38.1 Å². The lowest BCUT2D eigenvalue weighted by Crippen LogP contribution is -2.26. The van der Waals surface area contributed by atoms with Crippen LogP contribution in [0.4, 0.5) is 0 Å². The molecule has 2 heterocycles. The topological polar surface area (TPSA) is 110 Å². The van der Waals surface area contributed by atoms with Gasteiger partial charge in [-0.25, -0.2) is 4.79 Å². The highest BCUT2D eigenvalue weighted by molar-refractivity contribution is 6.11. The molecule has 1 aliphatic rings. The second-order valence-corrected chi connectivity index (χ2v) is 7.81. The van der Waals surface area contributed by atoms with Crippen LogP contribution in [-0.4, -0.2) is 24.7 Å². The molecule has 3 aromatic rings. The molecule has 3 N–H and O–H groups in total. The third kappa shape index (κ3) is 3.16. The number of benzene rings is 2. The zero-order chi connectivity index (χ0) is 23.2. The molecule has 0 amide bonds. The fourth-order valence-electron chi connectivity index (χ4n) is 4.51. The van der Waals surface area contributed by atoms with Gasteiger partial charge in [0.15, 0.2) is 0 Å². The zero-order valence-electron chi connectivity index (χ0n) is 18.8. The summed E-state index contributed by atoms with van der Waals surface area (Å²) in [4.78, 5) is 16.4. The SMILES string of the molecule is CCOC(=O)C1=C(C)OC(N)=C(C#N)C1c1cc(C)c2[nH]c3ccc(OC)cc3c2c1C. The van der Waals surface area contributed by atoms with E-state index in [2.05, 4.69) is 11.1 Å². The summed E-state index contributed by atoms with van der Waals surface area (Å²) >= 11 is 0. The van der Waals surface area contributed by atoms with Gasteiger partial charge < -0.3 is 24.9 Å². The number of fused-ring (bicyclic) bond motifs is 3. The Hall–Kier alpha value is -3.92. The molecule has 4 rings (SSSR count). The Morgan fingerprint density at radius 2 is 2.03 bits per heavy atom. The lowest BCUT2D eigenvalue weighted by atomic mass is 9.79. The quantitative estimate of drug-likeness (QED) is 0.585. The number of nitrogens with two attached hydrogens (primary N) is 1. The molecule has 0 saturated carbocycles. The largest absolute Gasteiger partial charge is 0.497 e. The number of methoxy groups -OCH3 is 1. The van der Waals surface area contributed by atoms with Gasteiger partial charge in [-0.3, -0.25) is 0 Å². The van der Waals surface area contributed by atoms with Crippen LogP contribution in [-0.2, 0) is 14.3 Å². The summed E-state index contributed by atoms with van der Waals surface area (Å²) in [6.45, 7) is 7.60. The van der Waals surface area contributed by atoms with Crippen molar-refractivity contribution in [2.24, 2.45) is 5.73 Å². The standard InChI is InChI=1S/C25H25N3O4/c1-6-31-25(29)21-14(4)32-24(27)18(11-26)22(21)16-9-12(2)23-20(13(16)3)17-10-15(30-5)7-8-19(17)28-23/h7-10,22,28H,6,27H2,1-5H3. The molecule has 1 atom stereocenters. The molecule has 1 aromatic heterocycles. The number of aromatic amines is 1. The average molecular weight is 431 g/mol. The van der Waals surface area contributed by atoms with Gasteiger partial charge >= 0.3 is 5.97 Å². The molecule has 0 aliphatic carbocycles. The average Bonchev–Trinajstić information content (AvgIpc) is 3.15. The van der Waals surface area contributed by atoms with Gasteiger partial charge in [0.2, 0.25) is 5.88 Å². The molecule has 7 nitrogen and oxygen atoms in total. The summed E-state index contributed by atoms with van der Waals surface area (Å²) in [7, 11) is 1.63. The van der Waals surface area contributed by atoms with Crippen molar-refractivity contribution in [3.8, 4) is 11.8 Å². The molecule has 2 aromatic carbocycles. The number of allylic oxidation sites excluding steroid dienone is 2. The number of aryl methyl sites for hydroxylation is 2. The smallest absolute Gasteiger partial charge is 0.338 e. The van der Waals surface area contributed by atoms with Crippen LogP contribution in [0.15, 0.2) is 47.1 Å². The maximum atomic E-state index is 12.9. The number of carbonyl (C=O) groups is 1. The second kappa shape index (κ2) is 7.97. The monoisotopic (exact) mass is 431 g/mol. The van der Waals surface area contributed by atoms with E-state index < -0.39 is 11.9 Å². The van der Waals surface area contributed by atoms with Crippen molar-refractivity contribution >= 4 is 27.8 Å². The number of rotatable bonds is 4. The third-order valence-electron chi connectivity index (χ3n) is 5.99. The van der Waals surface area contributed by atoms with Crippen molar-refractivity contribution in [1.29, 1.82) is 5.26 Å².